The van der Waals surface area contributed by atoms with Crippen LogP contribution in [-0.4, -0.2) is 9.13 Å². The lowest BCUT2D eigenvalue weighted by Crippen LogP contribution is -2.06. The Morgan fingerprint density at radius 1 is 0.472 bits per heavy atom. The van der Waals surface area contributed by atoms with E-state index in [0.29, 0.717) is 5.92 Å². The lowest BCUT2D eigenvalue weighted by Gasteiger charge is -2.19. The van der Waals surface area contributed by atoms with Crippen LogP contribution >= 0.6 is 0 Å². The molecule has 0 radical (unpaired) electrons. The minimum Gasteiger partial charge on any atom is -0.309 e. The topological polar surface area (TPSA) is 9.86 Å². The number of nitrogens with zero attached hydrogens (tertiary/aromatic N) is 2. The molecule has 0 fully saturated rings. The van der Waals surface area contributed by atoms with Gasteiger partial charge in [-0.25, -0.2) is 0 Å². The highest BCUT2D eigenvalue weighted by molar-refractivity contribution is 6.19. The van der Waals surface area contributed by atoms with Gasteiger partial charge >= 0.3 is 0 Å². The van der Waals surface area contributed by atoms with Crippen LogP contribution in [0.5, 0.6) is 0 Å². The second-order valence-electron chi connectivity index (χ2n) is 16.8. The van der Waals surface area contributed by atoms with Gasteiger partial charge in [-0.1, -0.05) is 120 Å². The van der Waals surface area contributed by atoms with Crippen LogP contribution in [-0.2, 0) is 12.8 Å². The van der Waals surface area contributed by atoms with Gasteiger partial charge in [0.05, 0.1) is 33.4 Å². The van der Waals surface area contributed by atoms with Crippen LogP contribution in [0.25, 0.3) is 55.0 Å². The van der Waals surface area contributed by atoms with Crippen molar-refractivity contribution in [2.24, 2.45) is 11.8 Å². The zero-order valence-electron chi connectivity index (χ0n) is 34.3. The van der Waals surface area contributed by atoms with Crippen molar-refractivity contribution in [3.63, 3.8) is 0 Å². The van der Waals surface area contributed by atoms with Crippen LogP contribution in [0, 0.1) is 53.4 Å². The van der Waals surface area contributed by atoms with E-state index in [4.69, 9.17) is 0 Å². The Labute approximate surface area is 319 Å². The summed E-state index contributed by atoms with van der Waals surface area (Å²) in [6.45, 7) is 23.2. The maximum Gasteiger partial charge on any atom is 0.0549 e. The average Bonchev–Trinajstić information content (AvgIpc) is 3.58. The first kappa shape index (κ1) is 37.0. The van der Waals surface area contributed by atoms with Crippen LogP contribution in [0.2, 0.25) is 0 Å². The summed E-state index contributed by atoms with van der Waals surface area (Å²) < 4.78 is 5.15. The number of aromatic nitrogens is 2. The minimum absolute atomic E-state index is 0.701. The Morgan fingerprint density at radius 3 is 1.32 bits per heavy atom. The van der Waals surface area contributed by atoms with Gasteiger partial charge in [0.25, 0.3) is 0 Å². The van der Waals surface area contributed by atoms with E-state index in [1.165, 1.54) is 151 Å². The Bertz CT molecular complexity index is 2400. The average molecular weight is 703 g/mol. The Morgan fingerprint density at radius 2 is 0.887 bits per heavy atom. The molecule has 0 saturated heterocycles. The molecule has 0 saturated carbocycles. The molecule has 0 bridgehead atoms. The van der Waals surface area contributed by atoms with Crippen molar-refractivity contribution in [1.29, 1.82) is 0 Å². The van der Waals surface area contributed by atoms with Crippen LogP contribution in [0.1, 0.15) is 117 Å². The van der Waals surface area contributed by atoms with E-state index in [2.05, 4.69) is 151 Å². The number of aryl methyl sites for hydroxylation is 6. The Balaban J connectivity index is 1.46. The van der Waals surface area contributed by atoms with Gasteiger partial charge in [-0.2, -0.15) is 0 Å². The third-order valence-electron chi connectivity index (χ3n) is 12.2. The van der Waals surface area contributed by atoms with E-state index in [-0.39, 0.29) is 0 Å². The lowest BCUT2D eigenvalue weighted by molar-refractivity contribution is 0.449. The number of rotatable bonds is 13. The summed E-state index contributed by atoms with van der Waals surface area (Å²) in [4.78, 5) is 0. The predicted molar refractivity (Wildman–Crippen MR) is 233 cm³/mol. The van der Waals surface area contributed by atoms with E-state index in [0.717, 1.165) is 12.3 Å². The quantitative estimate of drug-likeness (QED) is 0.113. The van der Waals surface area contributed by atoms with Gasteiger partial charge in [-0.15, -0.1) is 0 Å². The summed E-state index contributed by atoms with van der Waals surface area (Å²) in [5, 5.41) is 5.30. The monoisotopic (exact) mass is 702 g/mol. The van der Waals surface area contributed by atoms with Crippen molar-refractivity contribution in [2.75, 3.05) is 0 Å². The second kappa shape index (κ2) is 15.2. The fourth-order valence-electron chi connectivity index (χ4n) is 9.61. The first-order valence-corrected chi connectivity index (χ1v) is 20.7. The molecule has 0 aliphatic rings. The summed E-state index contributed by atoms with van der Waals surface area (Å²) in [6, 6.07) is 29.0. The van der Waals surface area contributed by atoms with Gasteiger partial charge in [0, 0.05) is 21.5 Å². The van der Waals surface area contributed by atoms with Gasteiger partial charge in [0.2, 0.25) is 0 Å². The Kier molecular flexibility index (Phi) is 10.6. The molecule has 0 amide bonds. The largest absolute Gasteiger partial charge is 0.309 e. The van der Waals surface area contributed by atoms with Gasteiger partial charge in [0.1, 0.15) is 0 Å². The molecule has 2 nitrogen and oxygen atoms in total. The molecule has 7 rings (SSSR count). The van der Waals surface area contributed by atoms with Crippen molar-refractivity contribution in [1.82, 2.24) is 9.13 Å². The number of fused-ring (bicyclic) bond motifs is 6. The SMILES string of the molecule is CCCCC(C)Cc1cc(C)c(-n2c3ccc(C)cc3c3cc4c(cc32)c2cc(C)ccc2n4-c2c(C)cc(CC(CC)CCCC)cc2C)c(C)c1. The summed E-state index contributed by atoms with van der Waals surface area (Å²) in [5.41, 5.74) is 18.8. The van der Waals surface area contributed by atoms with Gasteiger partial charge in [-0.05, 0) is 136 Å². The van der Waals surface area contributed by atoms with Crippen molar-refractivity contribution >= 4 is 43.6 Å². The molecule has 0 spiro atoms. The third kappa shape index (κ3) is 6.95. The molecule has 2 aromatic heterocycles. The highest BCUT2D eigenvalue weighted by Crippen LogP contribution is 2.42. The van der Waals surface area contributed by atoms with E-state index < -0.39 is 0 Å². The molecule has 7 aromatic rings. The number of hydrogen-bond donors (Lipinski definition) is 0. The molecule has 276 valence electrons. The van der Waals surface area contributed by atoms with E-state index >= 15 is 0 Å². The second-order valence-corrected chi connectivity index (χ2v) is 16.8. The molecular weight excluding hydrogens is 641 g/mol. The number of benzene rings is 5. The van der Waals surface area contributed by atoms with Crippen LogP contribution < -0.4 is 0 Å². The summed E-state index contributed by atoms with van der Waals surface area (Å²) in [7, 11) is 0. The molecule has 2 atom stereocenters. The van der Waals surface area contributed by atoms with Gasteiger partial charge < -0.3 is 9.13 Å². The van der Waals surface area contributed by atoms with E-state index in [1.54, 1.807) is 0 Å². The highest BCUT2D eigenvalue weighted by Gasteiger charge is 2.22. The first-order chi connectivity index (χ1) is 25.5. The summed E-state index contributed by atoms with van der Waals surface area (Å²) in [5.74, 6) is 1.45. The smallest absolute Gasteiger partial charge is 0.0549 e. The standard InChI is InChI=1S/C51H62N2/c1-11-14-16-32(4)22-40-25-35(7)50(36(8)26-40)52-46-20-18-33(5)23-42(46)44-31-49-45(30-48(44)52)43-24-34(6)19-21-47(43)53(49)51-37(9)27-41(28-38(51)10)29-39(13-3)17-15-12-2/h18-21,23-28,30-32,39H,11-17,22,29H2,1-10H3. The molecule has 0 aliphatic carbocycles. The number of unbranched alkanes of at least 4 members (excludes halogenated alkanes) is 2. The van der Waals surface area contributed by atoms with Crippen molar-refractivity contribution in [3.05, 3.63) is 117 Å². The molecule has 2 heterocycles. The minimum atomic E-state index is 0.701. The van der Waals surface area contributed by atoms with Crippen LogP contribution in [0.15, 0.2) is 72.8 Å². The lowest BCUT2D eigenvalue weighted by atomic mass is 9.90. The van der Waals surface area contributed by atoms with Crippen molar-refractivity contribution in [2.45, 2.75) is 127 Å². The summed E-state index contributed by atoms with van der Waals surface area (Å²) in [6.07, 6.45) is 11.4. The van der Waals surface area contributed by atoms with Crippen LogP contribution in [0.3, 0.4) is 0 Å². The molecule has 0 N–H and O–H groups in total. The zero-order chi connectivity index (χ0) is 37.6. The number of hydrogen-bond acceptors (Lipinski definition) is 0. The van der Waals surface area contributed by atoms with E-state index in [1.807, 2.05) is 0 Å². The molecule has 2 heteroatoms. The van der Waals surface area contributed by atoms with E-state index in [9.17, 15) is 0 Å². The van der Waals surface area contributed by atoms with Crippen molar-refractivity contribution in [3.8, 4) is 11.4 Å². The molecule has 5 aromatic carbocycles. The fourth-order valence-corrected chi connectivity index (χ4v) is 9.61. The third-order valence-corrected chi connectivity index (χ3v) is 12.2. The predicted octanol–water partition coefficient (Wildman–Crippen LogP) is 14.9. The summed E-state index contributed by atoms with van der Waals surface area (Å²) >= 11 is 0. The first-order valence-electron chi connectivity index (χ1n) is 20.7. The zero-order valence-corrected chi connectivity index (χ0v) is 34.3. The molecule has 53 heavy (non-hydrogen) atoms. The fraction of sp³-hybridized carbons (Fsp3) is 0.412. The molecule has 0 aliphatic heterocycles. The van der Waals surface area contributed by atoms with Gasteiger partial charge in [-0.3, -0.25) is 0 Å². The highest BCUT2D eigenvalue weighted by atomic mass is 15.0. The molecule has 2 unspecified atom stereocenters. The van der Waals surface area contributed by atoms with Gasteiger partial charge in [0.15, 0.2) is 0 Å². The maximum atomic E-state index is 2.58. The Hall–Kier alpha value is -4.30. The molecular formula is C51H62N2. The van der Waals surface area contributed by atoms with Crippen molar-refractivity contribution < 1.29 is 0 Å². The van der Waals surface area contributed by atoms with Crippen LogP contribution in [0.4, 0.5) is 0 Å². The maximum absolute atomic E-state index is 2.58. The normalized spacial score (nSPS) is 13.2.